The molecule has 94 valence electrons. The van der Waals surface area contributed by atoms with Crippen molar-refractivity contribution in [2.75, 3.05) is 7.11 Å². The zero-order valence-corrected chi connectivity index (χ0v) is 10.6. The number of nitrogens with two attached hydrogens (primary N) is 1. The molecule has 2 N–H and O–H groups in total. The van der Waals surface area contributed by atoms with Crippen LogP contribution in [0.25, 0.3) is 0 Å². The molecule has 1 atom stereocenters. The van der Waals surface area contributed by atoms with Gasteiger partial charge in [-0.15, -0.1) is 0 Å². The van der Waals surface area contributed by atoms with E-state index in [2.05, 4.69) is 0 Å². The predicted molar refractivity (Wildman–Crippen MR) is 72.1 cm³/mol. The van der Waals surface area contributed by atoms with Crippen LogP contribution in [0.5, 0.6) is 17.2 Å². The summed E-state index contributed by atoms with van der Waals surface area (Å²) >= 11 is 0. The Morgan fingerprint density at radius 1 is 1.00 bits per heavy atom. The summed E-state index contributed by atoms with van der Waals surface area (Å²) in [5.41, 5.74) is 6.91. The van der Waals surface area contributed by atoms with Gasteiger partial charge in [-0.1, -0.05) is 24.3 Å². The van der Waals surface area contributed by atoms with Crippen LogP contribution in [-0.2, 0) is 0 Å². The molecule has 0 saturated carbocycles. The molecule has 1 unspecified atom stereocenters. The van der Waals surface area contributed by atoms with Crippen molar-refractivity contribution >= 4 is 0 Å². The minimum absolute atomic E-state index is 0.0631. The molecule has 0 radical (unpaired) electrons. The Labute approximate surface area is 107 Å². The lowest BCUT2D eigenvalue weighted by atomic mass is 10.1. The van der Waals surface area contributed by atoms with Crippen molar-refractivity contribution in [3.05, 3.63) is 54.1 Å². The van der Waals surface area contributed by atoms with Gasteiger partial charge in [0.05, 0.1) is 7.11 Å². The number of benzene rings is 2. The van der Waals surface area contributed by atoms with Crippen molar-refractivity contribution in [1.29, 1.82) is 0 Å². The van der Waals surface area contributed by atoms with Crippen LogP contribution in [0.2, 0.25) is 0 Å². The van der Waals surface area contributed by atoms with Gasteiger partial charge in [0.2, 0.25) is 0 Å². The molecular formula is C15H17NO2. The average Bonchev–Trinajstić information content (AvgIpc) is 2.39. The first-order chi connectivity index (χ1) is 8.70. The third-order valence-electron chi connectivity index (χ3n) is 2.68. The Morgan fingerprint density at radius 2 is 1.72 bits per heavy atom. The quantitative estimate of drug-likeness (QED) is 0.893. The van der Waals surface area contributed by atoms with E-state index in [4.69, 9.17) is 15.2 Å². The Kier molecular flexibility index (Phi) is 3.85. The fourth-order valence-corrected chi connectivity index (χ4v) is 1.74. The lowest BCUT2D eigenvalue weighted by molar-refractivity contribution is 0.408. The van der Waals surface area contributed by atoms with Gasteiger partial charge < -0.3 is 15.2 Å². The molecule has 2 rings (SSSR count). The van der Waals surface area contributed by atoms with E-state index in [1.807, 2.05) is 55.5 Å². The molecule has 0 aliphatic rings. The highest BCUT2D eigenvalue weighted by Gasteiger charge is 2.08. The Hall–Kier alpha value is -2.00. The molecule has 0 bridgehead atoms. The van der Waals surface area contributed by atoms with E-state index >= 15 is 0 Å². The molecule has 3 heteroatoms. The zero-order valence-electron chi connectivity index (χ0n) is 10.6. The molecular weight excluding hydrogens is 226 g/mol. The van der Waals surface area contributed by atoms with Crippen LogP contribution in [-0.4, -0.2) is 7.11 Å². The van der Waals surface area contributed by atoms with Crippen molar-refractivity contribution in [2.45, 2.75) is 13.0 Å². The fourth-order valence-electron chi connectivity index (χ4n) is 1.74. The van der Waals surface area contributed by atoms with E-state index < -0.39 is 0 Å². The van der Waals surface area contributed by atoms with Crippen LogP contribution in [0.4, 0.5) is 0 Å². The second kappa shape index (κ2) is 5.56. The largest absolute Gasteiger partial charge is 0.497 e. The summed E-state index contributed by atoms with van der Waals surface area (Å²) in [5, 5.41) is 0. The van der Waals surface area contributed by atoms with Gasteiger partial charge in [0.15, 0.2) is 0 Å². The van der Waals surface area contributed by atoms with Crippen molar-refractivity contribution in [3.8, 4) is 17.2 Å². The van der Waals surface area contributed by atoms with Crippen LogP contribution >= 0.6 is 0 Å². The summed E-state index contributed by atoms with van der Waals surface area (Å²) in [6, 6.07) is 15.2. The first-order valence-electron chi connectivity index (χ1n) is 5.87. The van der Waals surface area contributed by atoms with E-state index in [-0.39, 0.29) is 6.04 Å². The highest BCUT2D eigenvalue weighted by atomic mass is 16.5. The monoisotopic (exact) mass is 243 g/mol. The summed E-state index contributed by atoms with van der Waals surface area (Å²) in [7, 11) is 1.63. The molecule has 0 spiro atoms. The molecule has 0 saturated heterocycles. The molecule has 0 aromatic heterocycles. The standard InChI is InChI=1S/C15H17NO2/c1-11(16)14-8-3-4-9-15(14)18-13-7-5-6-12(10-13)17-2/h3-11H,16H2,1-2H3. The Balaban J connectivity index is 2.28. The van der Waals surface area contributed by atoms with E-state index in [9.17, 15) is 0 Å². The highest BCUT2D eigenvalue weighted by Crippen LogP contribution is 2.30. The lowest BCUT2D eigenvalue weighted by Gasteiger charge is -2.13. The third kappa shape index (κ3) is 2.81. The van der Waals surface area contributed by atoms with Crippen molar-refractivity contribution in [1.82, 2.24) is 0 Å². The second-order valence-corrected chi connectivity index (χ2v) is 4.11. The molecule has 2 aromatic carbocycles. The number of para-hydroxylation sites is 1. The smallest absolute Gasteiger partial charge is 0.132 e. The molecule has 2 aromatic rings. The van der Waals surface area contributed by atoms with E-state index in [0.717, 1.165) is 22.8 Å². The van der Waals surface area contributed by atoms with Crippen LogP contribution in [0.1, 0.15) is 18.5 Å². The number of rotatable bonds is 4. The van der Waals surface area contributed by atoms with E-state index in [1.165, 1.54) is 0 Å². The molecule has 0 heterocycles. The maximum atomic E-state index is 5.92. The van der Waals surface area contributed by atoms with Crippen LogP contribution in [0, 0.1) is 0 Å². The van der Waals surface area contributed by atoms with Crippen molar-refractivity contribution in [2.24, 2.45) is 5.73 Å². The maximum Gasteiger partial charge on any atom is 0.132 e. The van der Waals surface area contributed by atoms with Gasteiger partial charge in [-0.25, -0.2) is 0 Å². The number of methoxy groups -OCH3 is 1. The third-order valence-corrected chi connectivity index (χ3v) is 2.68. The summed E-state index contributed by atoms with van der Waals surface area (Å²) in [5.74, 6) is 2.29. The summed E-state index contributed by atoms with van der Waals surface area (Å²) in [6.07, 6.45) is 0. The van der Waals surface area contributed by atoms with Gasteiger partial charge in [0.25, 0.3) is 0 Å². The van der Waals surface area contributed by atoms with Crippen molar-refractivity contribution < 1.29 is 9.47 Å². The zero-order chi connectivity index (χ0) is 13.0. The highest BCUT2D eigenvalue weighted by molar-refractivity contribution is 5.41. The second-order valence-electron chi connectivity index (χ2n) is 4.11. The van der Waals surface area contributed by atoms with Crippen LogP contribution < -0.4 is 15.2 Å². The first-order valence-corrected chi connectivity index (χ1v) is 5.87. The summed E-state index contributed by atoms with van der Waals surface area (Å²) in [4.78, 5) is 0. The summed E-state index contributed by atoms with van der Waals surface area (Å²) in [6.45, 7) is 1.94. The van der Waals surface area contributed by atoms with E-state index in [0.29, 0.717) is 0 Å². The van der Waals surface area contributed by atoms with Gasteiger partial charge in [-0.05, 0) is 25.1 Å². The Morgan fingerprint density at radius 3 is 2.44 bits per heavy atom. The molecule has 18 heavy (non-hydrogen) atoms. The van der Waals surface area contributed by atoms with Gasteiger partial charge in [0, 0.05) is 17.7 Å². The topological polar surface area (TPSA) is 44.5 Å². The van der Waals surface area contributed by atoms with Crippen LogP contribution in [0.3, 0.4) is 0 Å². The molecule has 3 nitrogen and oxygen atoms in total. The number of ether oxygens (including phenoxy) is 2. The van der Waals surface area contributed by atoms with Gasteiger partial charge in [0.1, 0.15) is 17.2 Å². The van der Waals surface area contributed by atoms with Gasteiger partial charge in [-0.3, -0.25) is 0 Å². The lowest BCUT2D eigenvalue weighted by Crippen LogP contribution is -2.06. The fraction of sp³-hybridized carbons (Fsp3) is 0.200. The van der Waals surface area contributed by atoms with Crippen molar-refractivity contribution in [3.63, 3.8) is 0 Å². The van der Waals surface area contributed by atoms with Gasteiger partial charge in [-0.2, -0.15) is 0 Å². The van der Waals surface area contributed by atoms with Gasteiger partial charge >= 0.3 is 0 Å². The maximum absolute atomic E-state index is 5.92. The minimum atomic E-state index is -0.0631. The van der Waals surface area contributed by atoms with E-state index in [1.54, 1.807) is 7.11 Å². The Bertz CT molecular complexity index is 523. The normalized spacial score (nSPS) is 11.9. The minimum Gasteiger partial charge on any atom is -0.497 e. The molecule has 0 aliphatic heterocycles. The van der Waals surface area contributed by atoms with Crippen LogP contribution in [0.15, 0.2) is 48.5 Å². The summed E-state index contributed by atoms with van der Waals surface area (Å²) < 4.78 is 11.0. The molecule has 0 amide bonds. The first kappa shape index (κ1) is 12.5. The molecule has 0 fully saturated rings. The SMILES string of the molecule is COc1cccc(Oc2ccccc2C(C)N)c1. The number of hydrogen-bond donors (Lipinski definition) is 1. The molecule has 0 aliphatic carbocycles. The predicted octanol–water partition coefficient (Wildman–Crippen LogP) is 3.51. The number of hydrogen-bond acceptors (Lipinski definition) is 3. The average molecular weight is 243 g/mol.